The molecule has 1 aliphatic rings. The first kappa shape index (κ1) is 17.1. The van der Waals surface area contributed by atoms with Gasteiger partial charge in [-0.15, -0.1) is 0 Å². The van der Waals surface area contributed by atoms with Gasteiger partial charge in [-0.05, 0) is 35.9 Å². The minimum Gasteiger partial charge on any atom is -0.368 e. The topological polar surface area (TPSA) is 23.6 Å². The first-order valence-corrected chi connectivity index (χ1v) is 8.50. The molecule has 1 amide bonds. The summed E-state index contributed by atoms with van der Waals surface area (Å²) in [5.41, 5.74) is 1.79. The molecular weight excluding hydrogens is 350 g/mol. The van der Waals surface area contributed by atoms with E-state index < -0.39 is 0 Å². The van der Waals surface area contributed by atoms with Crippen molar-refractivity contribution >= 4 is 34.8 Å². The van der Waals surface area contributed by atoms with Crippen LogP contribution in [0.2, 0.25) is 10.0 Å². The Morgan fingerprint density at radius 2 is 1.54 bits per heavy atom. The Balaban J connectivity index is 1.58. The molecule has 2 aromatic carbocycles. The highest BCUT2D eigenvalue weighted by Crippen LogP contribution is 2.26. The van der Waals surface area contributed by atoms with Gasteiger partial charge in [0.05, 0.1) is 6.42 Å². The number of anilines is 1. The Hall–Kier alpha value is -1.78. The van der Waals surface area contributed by atoms with Gasteiger partial charge in [-0.3, -0.25) is 4.79 Å². The van der Waals surface area contributed by atoms with E-state index in [0.29, 0.717) is 29.6 Å². The van der Waals surface area contributed by atoms with Gasteiger partial charge in [0.2, 0.25) is 5.91 Å². The number of hydrogen-bond donors (Lipinski definition) is 0. The summed E-state index contributed by atoms with van der Waals surface area (Å²) in [5, 5.41) is 1.21. The van der Waals surface area contributed by atoms with E-state index in [-0.39, 0.29) is 11.7 Å². The van der Waals surface area contributed by atoms with E-state index in [1.54, 1.807) is 18.2 Å². The number of carbonyl (C=O) groups is 1. The normalized spacial score (nSPS) is 14.8. The van der Waals surface area contributed by atoms with Gasteiger partial charge in [0.1, 0.15) is 5.82 Å². The van der Waals surface area contributed by atoms with E-state index in [0.717, 1.165) is 24.3 Å². The van der Waals surface area contributed by atoms with Crippen molar-refractivity contribution in [1.82, 2.24) is 4.90 Å². The molecule has 0 atom stereocenters. The molecule has 3 rings (SSSR count). The number of rotatable bonds is 3. The third-order valence-corrected chi connectivity index (χ3v) is 4.55. The highest BCUT2D eigenvalue weighted by atomic mass is 35.5. The van der Waals surface area contributed by atoms with Crippen LogP contribution in [0.25, 0.3) is 0 Å². The zero-order chi connectivity index (χ0) is 17.1. The average Bonchev–Trinajstić information content (AvgIpc) is 2.56. The second kappa shape index (κ2) is 7.41. The summed E-state index contributed by atoms with van der Waals surface area (Å²) >= 11 is 12.1. The summed E-state index contributed by atoms with van der Waals surface area (Å²) < 4.78 is 12.9. The molecule has 0 spiro atoms. The number of hydrogen-bond acceptors (Lipinski definition) is 2. The Labute approximate surface area is 150 Å². The van der Waals surface area contributed by atoms with E-state index in [1.807, 2.05) is 17.0 Å². The van der Waals surface area contributed by atoms with Crippen molar-refractivity contribution in [2.24, 2.45) is 0 Å². The van der Waals surface area contributed by atoms with E-state index in [4.69, 9.17) is 23.2 Å². The molecular formula is C18H17Cl2FN2O. The number of benzene rings is 2. The van der Waals surface area contributed by atoms with Crippen LogP contribution in [0.3, 0.4) is 0 Å². The molecule has 0 aliphatic carbocycles. The highest BCUT2D eigenvalue weighted by Gasteiger charge is 2.21. The monoisotopic (exact) mass is 366 g/mol. The van der Waals surface area contributed by atoms with Gasteiger partial charge in [0.25, 0.3) is 0 Å². The predicted molar refractivity (Wildman–Crippen MR) is 95.4 cm³/mol. The van der Waals surface area contributed by atoms with Crippen molar-refractivity contribution in [3.05, 3.63) is 63.9 Å². The van der Waals surface area contributed by atoms with Gasteiger partial charge in [-0.1, -0.05) is 35.3 Å². The Morgan fingerprint density at radius 1 is 0.958 bits per heavy atom. The second-order valence-corrected chi connectivity index (χ2v) is 6.67. The Kier molecular flexibility index (Phi) is 5.27. The van der Waals surface area contributed by atoms with E-state index >= 15 is 0 Å². The molecule has 0 saturated carbocycles. The average molecular weight is 367 g/mol. The van der Waals surface area contributed by atoms with Crippen molar-refractivity contribution in [2.75, 3.05) is 31.1 Å². The largest absolute Gasteiger partial charge is 0.368 e. The molecule has 0 unspecified atom stereocenters. The van der Waals surface area contributed by atoms with Crippen LogP contribution in [0.5, 0.6) is 0 Å². The van der Waals surface area contributed by atoms with Crippen molar-refractivity contribution in [1.29, 1.82) is 0 Å². The van der Waals surface area contributed by atoms with Crippen LogP contribution in [-0.2, 0) is 11.2 Å². The molecule has 126 valence electrons. The maximum Gasteiger partial charge on any atom is 0.227 e. The standard InChI is InChI=1S/C18H17Cl2FN2O/c19-14-10-15(20)12-17(11-14)22-5-7-23(8-6-22)18(24)9-13-1-3-16(21)4-2-13/h1-4,10-12H,5-9H2. The van der Waals surface area contributed by atoms with Gasteiger partial charge in [-0.2, -0.15) is 0 Å². The molecule has 3 nitrogen and oxygen atoms in total. The van der Waals surface area contributed by atoms with Gasteiger partial charge in [0, 0.05) is 41.9 Å². The van der Waals surface area contributed by atoms with Crippen molar-refractivity contribution in [2.45, 2.75) is 6.42 Å². The van der Waals surface area contributed by atoms with Crippen LogP contribution >= 0.6 is 23.2 Å². The zero-order valence-corrected chi connectivity index (χ0v) is 14.5. The van der Waals surface area contributed by atoms with Gasteiger partial charge < -0.3 is 9.80 Å². The minimum atomic E-state index is -0.292. The molecule has 0 aromatic heterocycles. The summed E-state index contributed by atoms with van der Waals surface area (Å²) in [4.78, 5) is 16.4. The zero-order valence-electron chi connectivity index (χ0n) is 13.0. The third-order valence-electron chi connectivity index (χ3n) is 4.11. The van der Waals surface area contributed by atoms with Crippen LogP contribution in [0, 0.1) is 5.82 Å². The van der Waals surface area contributed by atoms with E-state index in [2.05, 4.69) is 4.90 Å². The number of nitrogens with zero attached hydrogens (tertiary/aromatic N) is 2. The van der Waals surface area contributed by atoms with Crippen LogP contribution in [0.1, 0.15) is 5.56 Å². The molecule has 0 radical (unpaired) electrons. The van der Waals surface area contributed by atoms with Gasteiger partial charge in [0.15, 0.2) is 0 Å². The first-order valence-electron chi connectivity index (χ1n) is 7.74. The van der Waals surface area contributed by atoms with Gasteiger partial charge >= 0.3 is 0 Å². The summed E-state index contributed by atoms with van der Waals surface area (Å²) in [6.45, 7) is 2.74. The molecule has 1 fully saturated rings. The molecule has 1 aliphatic heterocycles. The maximum absolute atomic E-state index is 12.9. The SMILES string of the molecule is O=C(Cc1ccc(F)cc1)N1CCN(c2cc(Cl)cc(Cl)c2)CC1. The quantitative estimate of drug-likeness (QED) is 0.818. The molecule has 0 bridgehead atoms. The number of carbonyl (C=O) groups excluding carboxylic acids is 1. The fourth-order valence-electron chi connectivity index (χ4n) is 2.82. The lowest BCUT2D eigenvalue weighted by Gasteiger charge is -2.36. The molecule has 6 heteroatoms. The van der Waals surface area contributed by atoms with Crippen LogP contribution in [0.4, 0.5) is 10.1 Å². The summed E-state index contributed by atoms with van der Waals surface area (Å²) in [6.07, 6.45) is 0.295. The summed E-state index contributed by atoms with van der Waals surface area (Å²) in [6, 6.07) is 11.5. The van der Waals surface area contributed by atoms with Crippen LogP contribution in [-0.4, -0.2) is 37.0 Å². The second-order valence-electron chi connectivity index (χ2n) is 5.80. The highest BCUT2D eigenvalue weighted by molar-refractivity contribution is 6.35. The maximum atomic E-state index is 12.9. The van der Waals surface area contributed by atoms with Crippen LogP contribution in [0.15, 0.2) is 42.5 Å². The van der Waals surface area contributed by atoms with Crippen molar-refractivity contribution < 1.29 is 9.18 Å². The molecule has 1 heterocycles. The lowest BCUT2D eigenvalue weighted by Crippen LogP contribution is -2.49. The fraction of sp³-hybridized carbons (Fsp3) is 0.278. The third kappa shape index (κ3) is 4.19. The smallest absolute Gasteiger partial charge is 0.227 e. The number of amides is 1. The van der Waals surface area contributed by atoms with Gasteiger partial charge in [-0.25, -0.2) is 4.39 Å². The van der Waals surface area contributed by atoms with E-state index in [1.165, 1.54) is 12.1 Å². The number of piperazine rings is 1. The molecule has 0 N–H and O–H groups in total. The Morgan fingerprint density at radius 3 is 2.12 bits per heavy atom. The molecule has 2 aromatic rings. The lowest BCUT2D eigenvalue weighted by atomic mass is 10.1. The Bertz CT molecular complexity index is 708. The van der Waals surface area contributed by atoms with E-state index in [9.17, 15) is 9.18 Å². The molecule has 24 heavy (non-hydrogen) atoms. The van der Waals surface area contributed by atoms with Crippen molar-refractivity contribution in [3.8, 4) is 0 Å². The fourth-order valence-corrected chi connectivity index (χ4v) is 3.34. The van der Waals surface area contributed by atoms with Crippen LogP contribution < -0.4 is 4.90 Å². The number of halogens is 3. The lowest BCUT2D eigenvalue weighted by molar-refractivity contribution is -0.130. The van der Waals surface area contributed by atoms with Crippen molar-refractivity contribution in [3.63, 3.8) is 0 Å². The minimum absolute atomic E-state index is 0.0605. The first-order chi connectivity index (χ1) is 11.5. The molecule has 1 saturated heterocycles. The summed E-state index contributed by atoms with van der Waals surface area (Å²) in [5.74, 6) is -0.231. The summed E-state index contributed by atoms with van der Waals surface area (Å²) in [7, 11) is 0. The predicted octanol–water partition coefficient (Wildman–Crippen LogP) is 4.02.